The van der Waals surface area contributed by atoms with Crippen molar-refractivity contribution in [3.05, 3.63) is 29.8 Å². The van der Waals surface area contributed by atoms with Gasteiger partial charge < -0.3 is 15.8 Å². The predicted octanol–water partition coefficient (Wildman–Crippen LogP) is 1.01. The average molecular weight is 222 g/mol. The van der Waals surface area contributed by atoms with E-state index in [9.17, 15) is 4.79 Å². The number of hydrogen-bond acceptors (Lipinski definition) is 3. The van der Waals surface area contributed by atoms with Crippen LogP contribution in [0.25, 0.3) is 0 Å². The van der Waals surface area contributed by atoms with Gasteiger partial charge in [-0.1, -0.05) is 18.2 Å². The van der Waals surface area contributed by atoms with Crippen LogP contribution in [0.2, 0.25) is 0 Å². The number of primary amides is 1. The van der Waals surface area contributed by atoms with Crippen molar-refractivity contribution < 1.29 is 9.53 Å². The second kappa shape index (κ2) is 4.99. The Morgan fingerprint density at radius 3 is 2.62 bits per heavy atom. The van der Waals surface area contributed by atoms with E-state index in [-0.39, 0.29) is 12.3 Å². The summed E-state index contributed by atoms with van der Waals surface area (Å²) in [7, 11) is 3.41. The van der Waals surface area contributed by atoms with Crippen molar-refractivity contribution in [1.29, 1.82) is 0 Å². The fraction of sp³-hybridized carbons (Fsp3) is 0.417. The van der Waals surface area contributed by atoms with E-state index < -0.39 is 5.54 Å². The maximum atomic E-state index is 11.1. The molecule has 0 fully saturated rings. The van der Waals surface area contributed by atoms with Gasteiger partial charge in [0.2, 0.25) is 5.91 Å². The Bertz CT molecular complexity index is 379. The highest BCUT2D eigenvalue weighted by Gasteiger charge is 2.29. The van der Waals surface area contributed by atoms with Crippen molar-refractivity contribution in [2.24, 2.45) is 5.73 Å². The lowest BCUT2D eigenvalue weighted by Gasteiger charge is -2.30. The highest BCUT2D eigenvalue weighted by molar-refractivity contribution is 5.75. The molecule has 0 radical (unpaired) electrons. The number of carbonyl (C=O) groups is 1. The third-order valence-corrected chi connectivity index (χ3v) is 2.78. The van der Waals surface area contributed by atoms with E-state index in [2.05, 4.69) is 5.32 Å². The van der Waals surface area contributed by atoms with Gasteiger partial charge >= 0.3 is 0 Å². The van der Waals surface area contributed by atoms with Gasteiger partial charge in [0.05, 0.1) is 12.6 Å². The number of carbonyl (C=O) groups excluding carboxylic acids is 1. The summed E-state index contributed by atoms with van der Waals surface area (Å²) in [5.41, 5.74) is 5.69. The second-order valence-electron chi connectivity index (χ2n) is 3.93. The van der Waals surface area contributed by atoms with Gasteiger partial charge in [-0.3, -0.25) is 4.79 Å². The van der Waals surface area contributed by atoms with Gasteiger partial charge in [0.1, 0.15) is 5.75 Å². The van der Waals surface area contributed by atoms with E-state index in [1.807, 2.05) is 31.2 Å². The molecule has 0 heterocycles. The smallest absolute Gasteiger partial charge is 0.219 e. The van der Waals surface area contributed by atoms with Crippen LogP contribution >= 0.6 is 0 Å². The van der Waals surface area contributed by atoms with Crippen LogP contribution in [-0.2, 0) is 10.3 Å². The molecule has 88 valence electrons. The Hall–Kier alpha value is -1.55. The highest BCUT2D eigenvalue weighted by Crippen LogP contribution is 2.31. The second-order valence-corrected chi connectivity index (χ2v) is 3.93. The summed E-state index contributed by atoms with van der Waals surface area (Å²) >= 11 is 0. The lowest BCUT2D eigenvalue weighted by Crippen LogP contribution is -2.40. The largest absolute Gasteiger partial charge is 0.496 e. The summed E-state index contributed by atoms with van der Waals surface area (Å²) < 4.78 is 5.28. The fourth-order valence-corrected chi connectivity index (χ4v) is 1.77. The maximum Gasteiger partial charge on any atom is 0.219 e. The lowest BCUT2D eigenvalue weighted by molar-refractivity contribution is -0.119. The van der Waals surface area contributed by atoms with E-state index in [0.717, 1.165) is 11.3 Å². The molecule has 0 aromatic heterocycles. The molecule has 1 rings (SSSR count). The van der Waals surface area contributed by atoms with Gasteiger partial charge in [0, 0.05) is 12.0 Å². The maximum absolute atomic E-state index is 11.1. The molecule has 16 heavy (non-hydrogen) atoms. The van der Waals surface area contributed by atoms with E-state index in [0.29, 0.717) is 0 Å². The van der Waals surface area contributed by atoms with Crippen LogP contribution in [0, 0.1) is 0 Å². The summed E-state index contributed by atoms with van der Waals surface area (Å²) in [5.74, 6) is 0.406. The highest BCUT2D eigenvalue weighted by atomic mass is 16.5. The molecule has 0 saturated heterocycles. The summed E-state index contributed by atoms with van der Waals surface area (Å²) in [4.78, 5) is 11.1. The molecule has 0 spiro atoms. The quantitative estimate of drug-likeness (QED) is 0.781. The Labute approximate surface area is 95.8 Å². The molecular formula is C12H18N2O2. The normalized spacial score (nSPS) is 14.2. The Balaban J connectivity index is 3.16. The van der Waals surface area contributed by atoms with E-state index >= 15 is 0 Å². The molecule has 1 amide bonds. The summed E-state index contributed by atoms with van der Waals surface area (Å²) in [6, 6.07) is 7.60. The van der Waals surface area contributed by atoms with E-state index in [4.69, 9.17) is 10.5 Å². The first kappa shape index (κ1) is 12.5. The number of amides is 1. The molecule has 0 aliphatic carbocycles. The van der Waals surface area contributed by atoms with Gasteiger partial charge in [-0.25, -0.2) is 0 Å². The average Bonchev–Trinajstić information content (AvgIpc) is 2.28. The van der Waals surface area contributed by atoms with Crippen LogP contribution in [0.4, 0.5) is 0 Å². The Morgan fingerprint density at radius 1 is 1.50 bits per heavy atom. The van der Waals surface area contributed by atoms with Gasteiger partial charge in [-0.2, -0.15) is 0 Å². The number of nitrogens with one attached hydrogen (secondary N) is 1. The Morgan fingerprint density at radius 2 is 2.12 bits per heavy atom. The van der Waals surface area contributed by atoms with Gasteiger partial charge in [-0.15, -0.1) is 0 Å². The van der Waals surface area contributed by atoms with Crippen LogP contribution in [0.5, 0.6) is 5.75 Å². The number of para-hydroxylation sites is 1. The number of ether oxygens (including phenoxy) is 1. The number of rotatable bonds is 5. The molecule has 0 saturated carbocycles. The summed E-state index contributed by atoms with van der Waals surface area (Å²) in [5, 5.41) is 3.12. The van der Waals surface area contributed by atoms with Crippen molar-refractivity contribution in [2.45, 2.75) is 18.9 Å². The predicted molar refractivity (Wildman–Crippen MR) is 63.2 cm³/mol. The number of methoxy groups -OCH3 is 1. The first-order valence-electron chi connectivity index (χ1n) is 5.14. The molecule has 1 aromatic carbocycles. The van der Waals surface area contributed by atoms with Crippen LogP contribution in [0.3, 0.4) is 0 Å². The third kappa shape index (κ3) is 2.52. The molecule has 0 bridgehead atoms. The molecular weight excluding hydrogens is 204 g/mol. The molecule has 0 aliphatic heterocycles. The van der Waals surface area contributed by atoms with Crippen LogP contribution in [-0.4, -0.2) is 20.1 Å². The molecule has 4 heteroatoms. The van der Waals surface area contributed by atoms with Crippen molar-refractivity contribution in [1.82, 2.24) is 5.32 Å². The zero-order valence-corrected chi connectivity index (χ0v) is 9.91. The minimum Gasteiger partial charge on any atom is -0.496 e. The summed E-state index contributed by atoms with van der Waals surface area (Å²) in [6.07, 6.45) is 0.226. The molecule has 4 nitrogen and oxygen atoms in total. The minimum atomic E-state index is -0.502. The van der Waals surface area contributed by atoms with Crippen molar-refractivity contribution in [2.75, 3.05) is 14.2 Å². The van der Waals surface area contributed by atoms with Crippen LogP contribution in [0.1, 0.15) is 18.9 Å². The third-order valence-electron chi connectivity index (χ3n) is 2.78. The topological polar surface area (TPSA) is 64.3 Å². The standard InChI is InChI=1S/C12H18N2O2/c1-12(14-2,8-11(13)15)9-6-4-5-7-10(9)16-3/h4-7,14H,8H2,1-3H3,(H2,13,15). The Kier molecular flexibility index (Phi) is 3.90. The zero-order chi connectivity index (χ0) is 12.2. The first-order chi connectivity index (χ1) is 7.53. The molecule has 1 aromatic rings. The fourth-order valence-electron chi connectivity index (χ4n) is 1.77. The van der Waals surface area contributed by atoms with E-state index in [1.165, 1.54) is 0 Å². The number of benzene rings is 1. The monoisotopic (exact) mass is 222 g/mol. The van der Waals surface area contributed by atoms with Crippen molar-refractivity contribution >= 4 is 5.91 Å². The molecule has 0 aliphatic rings. The molecule has 1 unspecified atom stereocenters. The molecule has 1 atom stereocenters. The van der Waals surface area contributed by atoms with Gasteiger partial charge in [0.25, 0.3) is 0 Å². The number of hydrogen-bond donors (Lipinski definition) is 2. The van der Waals surface area contributed by atoms with Crippen molar-refractivity contribution in [3.63, 3.8) is 0 Å². The first-order valence-corrected chi connectivity index (χ1v) is 5.14. The molecule has 3 N–H and O–H groups in total. The van der Waals surface area contributed by atoms with E-state index in [1.54, 1.807) is 14.2 Å². The zero-order valence-electron chi connectivity index (χ0n) is 9.91. The SMILES string of the molecule is CNC(C)(CC(N)=O)c1ccccc1OC. The number of nitrogens with two attached hydrogens (primary N) is 1. The van der Waals surface area contributed by atoms with Crippen LogP contribution in [0.15, 0.2) is 24.3 Å². The van der Waals surface area contributed by atoms with Crippen LogP contribution < -0.4 is 15.8 Å². The van der Waals surface area contributed by atoms with Gasteiger partial charge in [0.15, 0.2) is 0 Å². The minimum absolute atomic E-state index is 0.226. The van der Waals surface area contributed by atoms with Gasteiger partial charge in [-0.05, 0) is 20.0 Å². The van der Waals surface area contributed by atoms with Crippen molar-refractivity contribution in [3.8, 4) is 5.75 Å². The lowest BCUT2D eigenvalue weighted by atomic mass is 9.88. The summed E-state index contributed by atoms with van der Waals surface area (Å²) in [6.45, 7) is 1.93.